The highest BCUT2D eigenvalue weighted by atomic mass is 16.2. The lowest BCUT2D eigenvalue weighted by Crippen LogP contribution is -2.45. The number of nitrogens with one attached hydrogen (secondary N) is 3. The average molecular weight is 440 g/mol. The zero-order valence-corrected chi connectivity index (χ0v) is 19.0. The fourth-order valence-corrected chi connectivity index (χ4v) is 4.12. The summed E-state index contributed by atoms with van der Waals surface area (Å²) in [5.41, 5.74) is 5.88. The van der Waals surface area contributed by atoms with Gasteiger partial charge < -0.3 is 15.6 Å². The third-order valence-electron chi connectivity index (χ3n) is 5.96. The second-order valence-electron chi connectivity index (χ2n) is 8.43. The first-order chi connectivity index (χ1) is 16.0. The molecule has 0 saturated carbocycles. The Labute approximate surface area is 194 Å². The number of H-pyrrole nitrogens is 1. The molecule has 33 heavy (non-hydrogen) atoms. The Morgan fingerprint density at radius 1 is 0.879 bits per heavy atom. The van der Waals surface area contributed by atoms with E-state index in [0.29, 0.717) is 19.3 Å². The van der Waals surface area contributed by atoms with Crippen LogP contribution in [0.3, 0.4) is 0 Å². The van der Waals surface area contributed by atoms with E-state index in [9.17, 15) is 9.59 Å². The second-order valence-corrected chi connectivity index (χ2v) is 8.43. The zero-order valence-electron chi connectivity index (χ0n) is 19.0. The van der Waals surface area contributed by atoms with Crippen LogP contribution in [0.1, 0.15) is 28.7 Å². The molecule has 0 aliphatic carbocycles. The van der Waals surface area contributed by atoms with Gasteiger partial charge in [0.15, 0.2) is 0 Å². The summed E-state index contributed by atoms with van der Waals surface area (Å²) >= 11 is 0. The summed E-state index contributed by atoms with van der Waals surface area (Å²) in [7, 11) is 0. The molecule has 0 saturated heterocycles. The van der Waals surface area contributed by atoms with Crippen LogP contribution >= 0.6 is 0 Å². The number of aryl methyl sites for hydroxylation is 3. The minimum Gasteiger partial charge on any atom is -0.361 e. The van der Waals surface area contributed by atoms with Gasteiger partial charge in [0.1, 0.15) is 6.04 Å². The smallest absolute Gasteiger partial charge is 0.247 e. The molecule has 0 aliphatic rings. The number of hydrogen-bond donors (Lipinski definition) is 3. The molecule has 168 valence electrons. The quantitative estimate of drug-likeness (QED) is 0.358. The van der Waals surface area contributed by atoms with E-state index in [1.807, 2.05) is 92.8 Å². The van der Waals surface area contributed by atoms with Gasteiger partial charge in [0.05, 0.1) is 0 Å². The number of carbonyl (C=O) groups is 2. The van der Waals surface area contributed by atoms with Crippen molar-refractivity contribution in [1.82, 2.24) is 10.3 Å². The molecule has 2 amide bonds. The van der Waals surface area contributed by atoms with Crippen molar-refractivity contribution in [2.24, 2.45) is 0 Å². The molecule has 0 bridgehead atoms. The van der Waals surface area contributed by atoms with E-state index < -0.39 is 6.04 Å². The molecule has 5 nitrogen and oxygen atoms in total. The van der Waals surface area contributed by atoms with Crippen LogP contribution < -0.4 is 10.6 Å². The number of aromatic nitrogens is 1. The Balaban J connectivity index is 1.53. The van der Waals surface area contributed by atoms with Crippen molar-refractivity contribution in [2.75, 3.05) is 5.32 Å². The summed E-state index contributed by atoms with van der Waals surface area (Å²) in [5, 5.41) is 7.10. The van der Waals surface area contributed by atoms with E-state index in [1.165, 1.54) is 0 Å². The monoisotopic (exact) mass is 439 g/mol. The molecular weight excluding hydrogens is 410 g/mol. The number of rotatable bonds is 8. The summed E-state index contributed by atoms with van der Waals surface area (Å²) in [6.07, 6.45) is 3.27. The van der Waals surface area contributed by atoms with Crippen molar-refractivity contribution in [3.8, 4) is 0 Å². The minimum absolute atomic E-state index is 0.139. The lowest BCUT2D eigenvalue weighted by Gasteiger charge is -2.20. The maximum atomic E-state index is 13.4. The lowest BCUT2D eigenvalue weighted by atomic mass is 10.0. The van der Waals surface area contributed by atoms with Crippen LogP contribution in [0.15, 0.2) is 79.0 Å². The normalized spacial score (nSPS) is 11.8. The Bertz CT molecular complexity index is 1240. The van der Waals surface area contributed by atoms with Gasteiger partial charge in [0.2, 0.25) is 11.8 Å². The van der Waals surface area contributed by atoms with Gasteiger partial charge in [-0.3, -0.25) is 9.59 Å². The summed E-state index contributed by atoms with van der Waals surface area (Å²) in [5.74, 6) is -0.355. The van der Waals surface area contributed by atoms with Gasteiger partial charge in [-0.1, -0.05) is 66.7 Å². The highest BCUT2D eigenvalue weighted by Gasteiger charge is 2.23. The fraction of sp³-hybridized carbons (Fsp3) is 0.214. The number of anilines is 1. The summed E-state index contributed by atoms with van der Waals surface area (Å²) in [4.78, 5) is 29.4. The first-order valence-electron chi connectivity index (χ1n) is 11.3. The van der Waals surface area contributed by atoms with Gasteiger partial charge in [0.25, 0.3) is 0 Å². The van der Waals surface area contributed by atoms with Crippen molar-refractivity contribution in [2.45, 2.75) is 39.2 Å². The molecule has 5 heteroatoms. The standard InChI is InChI=1S/C28H29N3O2/c1-19-9-8-10-20(2)27(19)31-28(33)25(17-22-18-29-24-14-7-6-13-23(22)24)30-26(32)16-15-21-11-4-3-5-12-21/h3-14,18,25,29H,15-17H2,1-2H3,(H,30,32)(H,31,33). The van der Waals surface area contributed by atoms with Gasteiger partial charge in [-0.25, -0.2) is 0 Å². The van der Waals surface area contributed by atoms with Crippen molar-refractivity contribution >= 4 is 28.4 Å². The van der Waals surface area contributed by atoms with Crippen LogP contribution in [0.2, 0.25) is 0 Å². The van der Waals surface area contributed by atoms with Crippen molar-refractivity contribution in [3.05, 3.63) is 101 Å². The number of hydrogen-bond acceptors (Lipinski definition) is 2. The van der Waals surface area contributed by atoms with Gasteiger partial charge in [-0.05, 0) is 48.6 Å². The first-order valence-corrected chi connectivity index (χ1v) is 11.3. The molecule has 0 fully saturated rings. The number of benzene rings is 3. The number of amides is 2. The van der Waals surface area contributed by atoms with Crippen LogP contribution in [0.5, 0.6) is 0 Å². The van der Waals surface area contributed by atoms with Crippen LogP contribution in [-0.2, 0) is 22.4 Å². The van der Waals surface area contributed by atoms with Gasteiger partial charge in [0, 0.05) is 35.6 Å². The molecule has 0 spiro atoms. The van der Waals surface area contributed by atoms with Gasteiger partial charge >= 0.3 is 0 Å². The van der Waals surface area contributed by atoms with E-state index in [0.717, 1.165) is 38.8 Å². The largest absolute Gasteiger partial charge is 0.361 e. The van der Waals surface area contributed by atoms with Crippen molar-refractivity contribution in [1.29, 1.82) is 0 Å². The predicted molar refractivity (Wildman–Crippen MR) is 133 cm³/mol. The molecule has 4 rings (SSSR count). The number of fused-ring (bicyclic) bond motifs is 1. The lowest BCUT2D eigenvalue weighted by molar-refractivity contribution is -0.126. The zero-order chi connectivity index (χ0) is 23.2. The third-order valence-corrected chi connectivity index (χ3v) is 5.96. The van der Waals surface area contributed by atoms with E-state index in [-0.39, 0.29) is 11.8 Å². The van der Waals surface area contributed by atoms with Gasteiger partial charge in [-0.2, -0.15) is 0 Å². The fourth-order valence-electron chi connectivity index (χ4n) is 4.12. The molecule has 1 unspecified atom stereocenters. The van der Waals surface area contributed by atoms with Crippen LogP contribution in [0, 0.1) is 13.8 Å². The first kappa shape index (κ1) is 22.3. The SMILES string of the molecule is Cc1cccc(C)c1NC(=O)C(Cc1c[nH]c2ccccc12)NC(=O)CCc1ccccc1. The Morgan fingerprint density at radius 2 is 1.58 bits per heavy atom. The summed E-state index contributed by atoms with van der Waals surface area (Å²) in [6, 6.07) is 23.1. The van der Waals surface area contributed by atoms with E-state index in [4.69, 9.17) is 0 Å². The van der Waals surface area contributed by atoms with E-state index in [2.05, 4.69) is 15.6 Å². The molecule has 3 N–H and O–H groups in total. The van der Waals surface area contributed by atoms with E-state index in [1.54, 1.807) is 0 Å². The van der Waals surface area contributed by atoms with Crippen LogP contribution in [0.4, 0.5) is 5.69 Å². The predicted octanol–water partition coefficient (Wildman–Crippen LogP) is 5.08. The third kappa shape index (κ3) is 5.50. The van der Waals surface area contributed by atoms with Crippen LogP contribution in [-0.4, -0.2) is 22.8 Å². The molecular formula is C28H29N3O2. The van der Waals surface area contributed by atoms with Crippen molar-refractivity contribution < 1.29 is 9.59 Å². The maximum Gasteiger partial charge on any atom is 0.247 e. The molecule has 0 aliphatic heterocycles. The van der Waals surface area contributed by atoms with Crippen molar-refractivity contribution in [3.63, 3.8) is 0 Å². The number of aromatic amines is 1. The van der Waals surface area contributed by atoms with E-state index >= 15 is 0 Å². The summed E-state index contributed by atoms with van der Waals surface area (Å²) < 4.78 is 0. The minimum atomic E-state index is -0.688. The second kappa shape index (κ2) is 10.2. The highest BCUT2D eigenvalue weighted by Crippen LogP contribution is 2.22. The number of para-hydroxylation sites is 2. The molecule has 3 aromatic carbocycles. The Morgan fingerprint density at radius 3 is 2.33 bits per heavy atom. The number of carbonyl (C=O) groups excluding carboxylic acids is 2. The summed E-state index contributed by atoms with van der Waals surface area (Å²) in [6.45, 7) is 3.94. The highest BCUT2D eigenvalue weighted by molar-refractivity contribution is 5.99. The Kier molecular flexibility index (Phi) is 6.89. The molecule has 1 atom stereocenters. The average Bonchev–Trinajstić information content (AvgIpc) is 3.23. The molecule has 1 heterocycles. The van der Waals surface area contributed by atoms with Gasteiger partial charge in [-0.15, -0.1) is 0 Å². The topological polar surface area (TPSA) is 74.0 Å². The maximum absolute atomic E-state index is 13.4. The molecule has 4 aromatic rings. The Hall–Kier alpha value is -3.86. The molecule has 0 radical (unpaired) electrons. The van der Waals surface area contributed by atoms with Crippen LogP contribution in [0.25, 0.3) is 10.9 Å². The molecule has 1 aromatic heterocycles.